The molecule has 0 fully saturated rings. The van der Waals surface area contributed by atoms with Crippen LogP contribution in [0.2, 0.25) is 0 Å². The molecule has 0 saturated carbocycles. The summed E-state index contributed by atoms with van der Waals surface area (Å²) in [6.07, 6.45) is 1.75. The highest BCUT2D eigenvalue weighted by molar-refractivity contribution is 9.11. The molecule has 1 N–H and O–H groups in total. The Hall–Kier alpha value is -0.590. The molecule has 0 saturated heterocycles. The zero-order chi connectivity index (χ0) is 12.4. The second-order valence-electron chi connectivity index (χ2n) is 3.65. The van der Waals surface area contributed by atoms with Crippen LogP contribution in [0.1, 0.15) is 16.1 Å². The lowest BCUT2D eigenvalue weighted by molar-refractivity contribution is 0.0780. The Bertz CT molecular complexity index is 535. The van der Waals surface area contributed by atoms with E-state index >= 15 is 0 Å². The standard InChI is InChI=1S/C11H10Br2N2OS/c1-15(5-7-2-10(13)17-6-7)11(16)9-3-8(12)4-14-9/h2-4,6,14H,5H2,1H3. The number of nitrogens with zero attached hydrogens (tertiary/aromatic N) is 1. The quantitative estimate of drug-likeness (QED) is 0.865. The Balaban J connectivity index is 2.05. The zero-order valence-corrected chi connectivity index (χ0v) is 13.0. The third kappa shape index (κ3) is 3.20. The Morgan fingerprint density at radius 2 is 2.24 bits per heavy atom. The molecule has 0 radical (unpaired) electrons. The number of amides is 1. The van der Waals surface area contributed by atoms with Crippen LogP contribution >= 0.6 is 43.2 Å². The van der Waals surface area contributed by atoms with Crippen LogP contribution in [-0.4, -0.2) is 22.8 Å². The molecule has 0 spiro atoms. The van der Waals surface area contributed by atoms with Gasteiger partial charge in [0.2, 0.25) is 0 Å². The van der Waals surface area contributed by atoms with E-state index in [1.165, 1.54) is 0 Å². The van der Waals surface area contributed by atoms with E-state index in [0.717, 1.165) is 13.8 Å². The number of nitrogens with one attached hydrogen (secondary N) is 1. The van der Waals surface area contributed by atoms with Crippen LogP contribution in [0.15, 0.2) is 32.0 Å². The van der Waals surface area contributed by atoms with Crippen molar-refractivity contribution in [2.75, 3.05) is 7.05 Å². The van der Waals surface area contributed by atoms with Crippen molar-refractivity contribution in [1.82, 2.24) is 9.88 Å². The van der Waals surface area contributed by atoms with Gasteiger partial charge in [-0.3, -0.25) is 4.79 Å². The lowest BCUT2D eigenvalue weighted by atomic mass is 10.3. The number of hydrogen-bond donors (Lipinski definition) is 1. The van der Waals surface area contributed by atoms with Gasteiger partial charge in [0.25, 0.3) is 5.91 Å². The van der Waals surface area contributed by atoms with Crippen molar-refractivity contribution in [3.63, 3.8) is 0 Å². The summed E-state index contributed by atoms with van der Waals surface area (Å²) in [6, 6.07) is 3.81. The molecule has 2 heterocycles. The monoisotopic (exact) mass is 376 g/mol. The molecule has 0 unspecified atom stereocenters. The van der Waals surface area contributed by atoms with Crippen LogP contribution in [-0.2, 0) is 6.54 Å². The minimum Gasteiger partial charge on any atom is -0.356 e. The second-order valence-corrected chi connectivity index (χ2v) is 6.86. The summed E-state index contributed by atoms with van der Waals surface area (Å²) in [5.74, 6) is -0.0157. The van der Waals surface area contributed by atoms with E-state index in [2.05, 4.69) is 36.8 Å². The molecule has 1 amide bonds. The lowest BCUT2D eigenvalue weighted by Crippen LogP contribution is -2.26. The maximum atomic E-state index is 12.0. The highest BCUT2D eigenvalue weighted by Gasteiger charge is 2.14. The molecule has 3 nitrogen and oxygen atoms in total. The van der Waals surface area contributed by atoms with Crippen molar-refractivity contribution in [1.29, 1.82) is 0 Å². The molecular weight excluding hydrogens is 368 g/mol. The average molecular weight is 378 g/mol. The molecule has 90 valence electrons. The van der Waals surface area contributed by atoms with Gasteiger partial charge in [-0.25, -0.2) is 0 Å². The maximum absolute atomic E-state index is 12.0. The van der Waals surface area contributed by atoms with Gasteiger partial charge in [-0.1, -0.05) is 0 Å². The van der Waals surface area contributed by atoms with Gasteiger partial charge in [0.05, 0.1) is 3.79 Å². The van der Waals surface area contributed by atoms with Crippen molar-refractivity contribution in [2.45, 2.75) is 6.54 Å². The predicted molar refractivity (Wildman–Crippen MR) is 76.3 cm³/mol. The summed E-state index contributed by atoms with van der Waals surface area (Å²) in [5, 5.41) is 2.04. The Kier molecular flexibility index (Phi) is 4.06. The van der Waals surface area contributed by atoms with Crippen molar-refractivity contribution in [3.05, 3.63) is 43.2 Å². The fourth-order valence-corrected chi connectivity index (χ4v) is 3.02. The molecule has 0 aliphatic heterocycles. The zero-order valence-electron chi connectivity index (χ0n) is 9.04. The molecular formula is C11H10Br2N2OS. The number of carbonyl (C=O) groups excluding carboxylic acids is 1. The topological polar surface area (TPSA) is 36.1 Å². The summed E-state index contributed by atoms with van der Waals surface area (Å²) in [4.78, 5) is 16.7. The number of H-pyrrole nitrogens is 1. The van der Waals surface area contributed by atoms with E-state index in [-0.39, 0.29) is 5.91 Å². The molecule has 0 aliphatic rings. The van der Waals surface area contributed by atoms with Crippen LogP contribution in [0.3, 0.4) is 0 Å². The maximum Gasteiger partial charge on any atom is 0.270 e. The van der Waals surface area contributed by atoms with Gasteiger partial charge in [-0.15, -0.1) is 11.3 Å². The second kappa shape index (κ2) is 5.37. The molecule has 17 heavy (non-hydrogen) atoms. The highest BCUT2D eigenvalue weighted by Crippen LogP contribution is 2.22. The Labute approximate surface area is 120 Å². The smallest absolute Gasteiger partial charge is 0.270 e. The van der Waals surface area contributed by atoms with Crippen LogP contribution in [0.5, 0.6) is 0 Å². The van der Waals surface area contributed by atoms with Gasteiger partial charge in [-0.2, -0.15) is 0 Å². The van der Waals surface area contributed by atoms with Crippen molar-refractivity contribution >= 4 is 49.1 Å². The SMILES string of the molecule is CN(Cc1csc(Br)c1)C(=O)c1cc(Br)c[nH]1. The minimum absolute atomic E-state index is 0.0157. The van der Waals surface area contributed by atoms with Crippen LogP contribution in [0.4, 0.5) is 0 Å². The molecule has 0 aromatic carbocycles. The number of thiophene rings is 1. The first-order valence-electron chi connectivity index (χ1n) is 4.88. The molecule has 2 aromatic heterocycles. The molecule has 2 aromatic rings. The van der Waals surface area contributed by atoms with E-state index in [9.17, 15) is 4.79 Å². The van der Waals surface area contributed by atoms with E-state index in [1.54, 1.807) is 35.5 Å². The third-order valence-electron chi connectivity index (χ3n) is 2.27. The molecule has 0 aliphatic carbocycles. The highest BCUT2D eigenvalue weighted by atomic mass is 79.9. The first kappa shape index (κ1) is 12.9. The normalized spacial score (nSPS) is 10.5. The fraction of sp³-hybridized carbons (Fsp3) is 0.182. The third-order valence-corrected chi connectivity index (χ3v) is 4.28. The van der Waals surface area contributed by atoms with Crippen LogP contribution in [0.25, 0.3) is 0 Å². The summed E-state index contributed by atoms with van der Waals surface area (Å²) < 4.78 is 1.96. The first-order valence-corrected chi connectivity index (χ1v) is 7.35. The lowest BCUT2D eigenvalue weighted by Gasteiger charge is -2.15. The molecule has 0 bridgehead atoms. The van der Waals surface area contributed by atoms with Gasteiger partial charge in [-0.05, 0) is 54.9 Å². The van der Waals surface area contributed by atoms with E-state index < -0.39 is 0 Å². The van der Waals surface area contributed by atoms with Gasteiger partial charge >= 0.3 is 0 Å². The van der Waals surface area contributed by atoms with Crippen LogP contribution < -0.4 is 0 Å². The minimum atomic E-state index is -0.0157. The predicted octanol–water partition coefficient (Wildman–Crippen LogP) is 3.87. The number of carbonyl (C=O) groups is 1. The van der Waals surface area contributed by atoms with E-state index in [0.29, 0.717) is 12.2 Å². The summed E-state index contributed by atoms with van der Waals surface area (Å²) >= 11 is 8.34. The number of rotatable bonds is 3. The summed E-state index contributed by atoms with van der Waals surface area (Å²) in [6.45, 7) is 0.609. The average Bonchev–Trinajstić information content (AvgIpc) is 2.87. The van der Waals surface area contributed by atoms with Gasteiger partial charge in [0.15, 0.2) is 0 Å². The Morgan fingerprint density at radius 3 is 2.76 bits per heavy atom. The van der Waals surface area contributed by atoms with Crippen molar-refractivity contribution in [2.24, 2.45) is 0 Å². The van der Waals surface area contributed by atoms with Gasteiger partial charge in [0, 0.05) is 24.3 Å². The van der Waals surface area contributed by atoms with E-state index in [1.807, 2.05) is 11.4 Å². The number of aromatic nitrogens is 1. The number of hydrogen-bond acceptors (Lipinski definition) is 2. The number of halogens is 2. The summed E-state index contributed by atoms with van der Waals surface area (Å²) in [5.41, 5.74) is 1.72. The van der Waals surface area contributed by atoms with Crippen LogP contribution in [0, 0.1) is 0 Å². The molecule has 2 rings (SSSR count). The largest absolute Gasteiger partial charge is 0.356 e. The van der Waals surface area contributed by atoms with Gasteiger partial charge in [0.1, 0.15) is 5.69 Å². The molecule has 0 atom stereocenters. The fourth-order valence-electron chi connectivity index (χ4n) is 1.47. The number of aromatic amines is 1. The van der Waals surface area contributed by atoms with Gasteiger partial charge < -0.3 is 9.88 Å². The van der Waals surface area contributed by atoms with E-state index in [4.69, 9.17) is 0 Å². The Morgan fingerprint density at radius 1 is 1.47 bits per heavy atom. The van der Waals surface area contributed by atoms with Crippen molar-refractivity contribution < 1.29 is 4.79 Å². The summed E-state index contributed by atoms with van der Waals surface area (Å²) in [7, 11) is 1.79. The first-order chi connectivity index (χ1) is 8.06. The van der Waals surface area contributed by atoms with Crippen molar-refractivity contribution in [3.8, 4) is 0 Å². The molecule has 6 heteroatoms.